The van der Waals surface area contributed by atoms with E-state index in [-0.39, 0.29) is 12.6 Å². The van der Waals surface area contributed by atoms with Crippen LogP contribution in [0, 0.1) is 6.92 Å². The fourth-order valence-corrected chi connectivity index (χ4v) is 4.62. The smallest absolute Gasteiger partial charge is 0.140 e. The zero-order valence-corrected chi connectivity index (χ0v) is 19.3. The van der Waals surface area contributed by atoms with Crippen molar-refractivity contribution < 1.29 is 5.11 Å². The zero-order valence-electron chi connectivity index (χ0n) is 19.3. The predicted molar refractivity (Wildman–Crippen MR) is 140 cm³/mol. The number of hydrogen-bond donors (Lipinski definition) is 1. The topological polar surface area (TPSA) is 38.0 Å². The van der Waals surface area contributed by atoms with Crippen molar-refractivity contribution in [3.63, 3.8) is 0 Å². The lowest BCUT2D eigenvalue weighted by Crippen LogP contribution is -2.16. The number of aryl methyl sites for hydroxylation is 1. The van der Waals surface area contributed by atoms with Gasteiger partial charge in [-0.2, -0.15) is 0 Å². The van der Waals surface area contributed by atoms with Crippen molar-refractivity contribution in [3.8, 4) is 33.6 Å². The Morgan fingerprint density at radius 3 is 1.88 bits per heavy atom. The van der Waals surface area contributed by atoms with Gasteiger partial charge in [-0.25, -0.2) is 4.98 Å². The van der Waals surface area contributed by atoms with Gasteiger partial charge >= 0.3 is 0 Å². The van der Waals surface area contributed by atoms with Crippen LogP contribution in [-0.2, 0) is 6.42 Å². The maximum absolute atomic E-state index is 10.3. The van der Waals surface area contributed by atoms with E-state index < -0.39 is 0 Å². The third-order valence-corrected chi connectivity index (χ3v) is 6.36. The number of hydrogen-bond acceptors (Lipinski definition) is 2. The largest absolute Gasteiger partial charge is 0.394 e. The van der Waals surface area contributed by atoms with Gasteiger partial charge in [-0.05, 0) is 52.8 Å². The van der Waals surface area contributed by atoms with Gasteiger partial charge in [-0.1, -0.05) is 97.1 Å². The van der Waals surface area contributed by atoms with Gasteiger partial charge in [0.15, 0.2) is 0 Å². The minimum atomic E-state index is -0.0896. The van der Waals surface area contributed by atoms with E-state index >= 15 is 0 Å². The van der Waals surface area contributed by atoms with Gasteiger partial charge in [0.25, 0.3) is 0 Å². The standard InChI is InChI=1S/C31H28N2O/c1-23-19-29(25-13-7-3-8-14-25)30(26-15-9-4-10-16-26)21-28(23)31-32-17-18-33(31)27(22-34)20-24-11-5-2-6-12-24/h2-19,21,27,34H,20,22H2,1H3. The Hall–Kier alpha value is -3.95. The second-order valence-corrected chi connectivity index (χ2v) is 8.63. The van der Waals surface area contributed by atoms with E-state index in [4.69, 9.17) is 4.98 Å². The van der Waals surface area contributed by atoms with Gasteiger partial charge in [0.05, 0.1) is 12.6 Å². The van der Waals surface area contributed by atoms with E-state index in [0.717, 1.165) is 23.4 Å². The molecule has 1 heterocycles. The lowest BCUT2D eigenvalue weighted by Gasteiger charge is -2.21. The molecule has 1 aromatic heterocycles. The normalized spacial score (nSPS) is 11.9. The van der Waals surface area contributed by atoms with Gasteiger partial charge in [0.1, 0.15) is 5.82 Å². The van der Waals surface area contributed by atoms with Gasteiger partial charge in [-0.3, -0.25) is 0 Å². The fraction of sp³-hybridized carbons (Fsp3) is 0.129. The number of rotatable bonds is 7. The first kappa shape index (κ1) is 21.9. The molecule has 0 saturated heterocycles. The molecule has 0 bridgehead atoms. The van der Waals surface area contributed by atoms with Crippen LogP contribution in [0.4, 0.5) is 0 Å². The van der Waals surface area contributed by atoms with Gasteiger partial charge < -0.3 is 9.67 Å². The number of nitrogens with zero attached hydrogens (tertiary/aromatic N) is 2. The third kappa shape index (κ3) is 4.43. The summed E-state index contributed by atoms with van der Waals surface area (Å²) in [7, 11) is 0. The highest BCUT2D eigenvalue weighted by atomic mass is 16.3. The van der Waals surface area contributed by atoms with Crippen LogP contribution in [0.1, 0.15) is 17.2 Å². The molecule has 0 aliphatic carbocycles. The van der Waals surface area contributed by atoms with Crippen LogP contribution >= 0.6 is 0 Å². The molecule has 1 unspecified atom stereocenters. The van der Waals surface area contributed by atoms with Crippen molar-refractivity contribution in [2.24, 2.45) is 0 Å². The van der Waals surface area contributed by atoms with Crippen molar-refractivity contribution in [1.29, 1.82) is 0 Å². The Morgan fingerprint density at radius 1 is 0.735 bits per heavy atom. The van der Waals surface area contributed by atoms with E-state index in [1.807, 2.05) is 42.7 Å². The van der Waals surface area contributed by atoms with Crippen molar-refractivity contribution in [1.82, 2.24) is 9.55 Å². The Morgan fingerprint density at radius 2 is 1.29 bits per heavy atom. The summed E-state index contributed by atoms with van der Waals surface area (Å²) in [5, 5.41) is 10.3. The average molecular weight is 445 g/mol. The molecule has 1 N–H and O–H groups in total. The Kier molecular flexibility index (Phi) is 6.37. The van der Waals surface area contributed by atoms with E-state index in [9.17, 15) is 5.11 Å². The van der Waals surface area contributed by atoms with Crippen molar-refractivity contribution in [3.05, 3.63) is 127 Å². The predicted octanol–water partition coefficient (Wildman–Crippen LogP) is 6.97. The summed E-state index contributed by atoms with van der Waals surface area (Å²) in [5.74, 6) is 0.879. The Labute approximate surface area is 201 Å². The van der Waals surface area contributed by atoms with E-state index in [1.54, 1.807) is 0 Å². The number of imidazole rings is 1. The van der Waals surface area contributed by atoms with Crippen LogP contribution in [0.2, 0.25) is 0 Å². The maximum Gasteiger partial charge on any atom is 0.140 e. The lowest BCUT2D eigenvalue weighted by molar-refractivity contribution is 0.228. The minimum absolute atomic E-state index is 0.0466. The summed E-state index contributed by atoms with van der Waals surface area (Å²) in [6.45, 7) is 2.19. The molecule has 0 amide bonds. The molecule has 0 aliphatic rings. The Bertz CT molecular complexity index is 1360. The summed E-state index contributed by atoms with van der Waals surface area (Å²) in [5.41, 5.74) is 8.17. The molecule has 0 radical (unpaired) electrons. The SMILES string of the molecule is Cc1cc(-c2ccccc2)c(-c2ccccc2)cc1-c1nccn1C(CO)Cc1ccccc1. The fourth-order valence-electron chi connectivity index (χ4n) is 4.62. The van der Waals surface area contributed by atoms with Crippen LogP contribution in [0.3, 0.4) is 0 Å². The molecule has 4 aromatic carbocycles. The van der Waals surface area contributed by atoms with Crippen molar-refractivity contribution in [2.45, 2.75) is 19.4 Å². The highest BCUT2D eigenvalue weighted by molar-refractivity contribution is 5.87. The van der Waals surface area contributed by atoms with Crippen molar-refractivity contribution in [2.75, 3.05) is 6.61 Å². The van der Waals surface area contributed by atoms with E-state index in [2.05, 4.69) is 84.3 Å². The minimum Gasteiger partial charge on any atom is -0.394 e. The van der Waals surface area contributed by atoms with Gasteiger partial charge in [0, 0.05) is 18.0 Å². The number of aliphatic hydroxyl groups is 1. The molecular formula is C31H28N2O. The monoisotopic (exact) mass is 444 g/mol. The number of aromatic nitrogens is 2. The second-order valence-electron chi connectivity index (χ2n) is 8.63. The average Bonchev–Trinajstić information content (AvgIpc) is 3.38. The molecule has 3 heteroatoms. The first-order valence-electron chi connectivity index (χ1n) is 11.7. The summed E-state index contributed by atoms with van der Waals surface area (Å²) >= 11 is 0. The molecular weight excluding hydrogens is 416 g/mol. The molecule has 0 saturated carbocycles. The molecule has 0 spiro atoms. The van der Waals surface area contributed by atoms with Crippen LogP contribution in [0.25, 0.3) is 33.6 Å². The Balaban J connectivity index is 1.63. The third-order valence-electron chi connectivity index (χ3n) is 6.36. The molecule has 0 fully saturated rings. The maximum atomic E-state index is 10.3. The molecule has 168 valence electrons. The van der Waals surface area contributed by atoms with Crippen molar-refractivity contribution >= 4 is 0 Å². The van der Waals surface area contributed by atoms with E-state index in [1.165, 1.54) is 27.8 Å². The van der Waals surface area contributed by atoms with Crippen LogP contribution in [-0.4, -0.2) is 21.3 Å². The molecule has 1 atom stereocenters. The zero-order chi connectivity index (χ0) is 23.3. The summed E-state index contributed by atoms with van der Waals surface area (Å²) in [6.07, 6.45) is 4.55. The molecule has 5 aromatic rings. The molecule has 0 aliphatic heterocycles. The van der Waals surface area contributed by atoms with E-state index in [0.29, 0.717) is 0 Å². The quantitative estimate of drug-likeness (QED) is 0.294. The highest BCUT2D eigenvalue weighted by Gasteiger charge is 2.19. The second kappa shape index (κ2) is 9.90. The van der Waals surface area contributed by atoms with Crippen LogP contribution in [0.5, 0.6) is 0 Å². The first-order valence-corrected chi connectivity index (χ1v) is 11.7. The number of benzene rings is 4. The van der Waals surface area contributed by atoms with Crippen LogP contribution < -0.4 is 0 Å². The number of aliphatic hydroxyl groups excluding tert-OH is 1. The lowest BCUT2D eigenvalue weighted by atomic mass is 9.90. The van der Waals surface area contributed by atoms with Crippen LogP contribution in [0.15, 0.2) is 116 Å². The molecule has 5 rings (SSSR count). The first-order chi connectivity index (χ1) is 16.7. The summed E-state index contributed by atoms with van der Waals surface area (Å²) in [4.78, 5) is 4.75. The summed E-state index contributed by atoms with van der Waals surface area (Å²) < 4.78 is 2.12. The molecule has 34 heavy (non-hydrogen) atoms. The van der Waals surface area contributed by atoms with Gasteiger partial charge in [-0.15, -0.1) is 0 Å². The summed E-state index contributed by atoms with van der Waals surface area (Å²) in [6, 6.07) is 35.7. The highest BCUT2D eigenvalue weighted by Crippen LogP contribution is 2.38. The van der Waals surface area contributed by atoms with Gasteiger partial charge in [0.2, 0.25) is 0 Å². The molecule has 3 nitrogen and oxygen atoms in total.